The van der Waals surface area contributed by atoms with E-state index in [9.17, 15) is 9.59 Å². The van der Waals surface area contributed by atoms with Crippen molar-refractivity contribution < 1.29 is 9.59 Å². The lowest BCUT2D eigenvalue weighted by atomic mass is 10.2. The Morgan fingerprint density at radius 3 is 2.50 bits per heavy atom. The number of carbonyl (C=O) groups excluding carboxylic acids is 2. The van der Waals surface area contributed by atoms with Crippen LogP contribution in [-0.4, -0.2) is 38.7 Å². The molecule has 0 unspecified atom stereocenters. The number of nitrogen functional groups attached to an aromatic ring is 1. The number of hydrogen-bond donors (Lipinski definition) is 3. The summed E-state index contributed by atoms with van der Waals surface area (Å²) in [5.74, 6) is -1.02. The molecule has 8 nitrogen and oxygen atoms in total. The minimum Gasteiger partial charge on any atom is -0.399 e. The van der Waals surface area contributed by atoms with E-state index in [2.05, 4.69) is 15.4 Å². The van der Waals surface area contributed by atoms with Crippen LogP contribution in [0.15, 0.2) is 30.5 Å². The van der Waals surface area contributed by atoms with Crippen LogP contribution in [0.1, 0.15) is 16.1 Å². The molecule has 2 aromatic rings. The van der Waals surface area contributed by atoms with Gasteiger partial charge in [0.1, 0.15) is 6.54 Å². The lowest BCUT2D eigenvalue weighted by molar-refractivity contribution is -0.118. The van der Waals surface area contributed by atoms with Crippen LogP contribution in [0.25, 0.3) is 0 Å². The summed E-state index contributed by atoms with van der Waals surface area (Å²) in [6.07, 6.45) is 1.29. The quantitative estimate of drug-likeness (QED) is 0.633. The number of nitrogens with one attached hydrogen (secondary N) is 1. The molecule has 0 bridgehead atoms. The zero-order valence-corrected chi connectivity index (χ0v) is 10.6. The van der Waals surface area contributed by atoms with Crippen LogP contribution in [0.2, 0.25) is 0 Å². The van der Waals surface area contributed by atoms with Gasteiger partial charge in [-0.1, -0.05) is 12.1 Å². The van der Waals surface area contributed by atoms with Gasteiger partial charge in [0.15, 0.2) is 5.69 Å². The SMILES string of the molecule is NC(=O)CN(Cc1ccc(N)cc1)C(=O)c1cn[nH]n1. The first-order valence-electron chi connectivity index (χ1n) is 5.84. The molecule has 0 saturated carbocycles. The molecule has 0 spiro atoms. The van der Waals surface area contributed by atoms with Crippen molar-refractivity contribution >= 4 is 17.5 Å². The van der Waals surface area contributed by atoms with Crippen molar-refractivity contribution in [3.05, 3.63) is 41.7 Å². The van der Waals surface area contributed by atoms with Crippen LogP contribution in [0, 0.1) is 0 Å². The highest BCUT2D eigenvalue weighted by atomic mass is 16.2. The van der Waals surface area contributed by atoms with Crippen LogP contribution >= 0.6 is 0 Å². The standard InChI is InChI=1S/C12H14N6O2/c13-9-3-1-8(2-4-9)6-18(7-11(14)19)12(20)10-5-15-17-16-10/h1-5H,6-7,13H2,(H2,14,19)(H,15,16,17). The molecule has 0 aliphatic heterocycles. The van der Waals surface area contributed by atoms with E-state index in [-0.39, 0.29) is 18.8 Å². The summed E-state index contributed by atoms with van der Waals surface area (Å²) in [4.78, 5) is 24.6. The highest BCUT2D eigenvalue weighted by Gasteiger charge is 2.20. The Balaban J connectivity index is 2.17. The zero-order chi connectivity index (χ0) is 14.5. The molecule has 2 amide bonds. The molecule has 1 aromatic heterocycles. The summed E-state index contributed by atoms with van der Waals surface area (Å²) in [5.41, 5.74) is 12.3. The average molecular weight is 274 g/mol. The highest BCUT2D eigenvalue weighted by molar-refractivity contribution is 5.94. The molecule has 0 atom stereocenters. The Morgan fingerprint density at radius 2 is 1.95 bits per heavy atom. The first kappa shape index (κ1) is 13.5. The van der Waals surface area contributed by atoms with Crippen molar-refractivity contribution in [3.8, 4) is 0 Å². The Morgan fingerprint density at radius 1 is 1.25 bits per heavy atom. The van der Waals surface area contributed by atoms with Crippen LogP contribution in [-0.2, 0) is 11.3 Å². The van der Waals surface area contributed by atoms with Gasteiger partial charge in [-0.15, -0.1) is 0 Å². The Hall–Kier alpha value is -2.90. The van der Waals surface area contributed by atoms with Gasteiger partial charge in [0, 0.05) is 12.2 Å². The third-order valence-electron chi connectivity index (χ3n) is 2.62. The average Bonchev–Trinajstić information content (AvgIpc) is 2.93. The highest BCUT2D eigenvalue weighted by Crippen LogP contribution is 2.10. The molecule has 1 heterocycles. The molecule has 0 fully saturated rings. The molecule has 1 aromatic carbocycles. The van der Waals surface area contributed by atoms with Gasteiger partial charge >= 0.3 is 0 Å². The maximum absolute atomic E-state index is 12.2. The number of H-pyrrole nitrogens is 1. The van der Waals surface area contributed by atoms with Crippen LogP contribution in [0.3, 0.4) is 0 Å². The molecule has 20 heavy (non-hydrogen) atoms. The predicted octanol–water partition coefficient (Wildman–Crippen LogP) is -0.485. The molecule has 0 saturated heterocycles. The second kappa shape index (κ2) is 5.83. The fourth-order valence-electron chi connectivity index (χ4n) is 1.70. The van der Waals surface area contributed by atoms with Gasteiger partial charge in [-0.05, 0) is 17.7 Å². The van der Waals surface area contributed by atoms with Gasteiger partial charge in [0.25, 0.3) is 5.91 Å². The van der Waals surface area contributed by atoms with E-state index in [1.165, 1.54) is 11.1 Å². The molecular formula is C12H14N6O2. The van der Waals surface area contributed by atoms with E-state index >= 15 is 0 Å². The van der Waals surface area contributed by atoms with Crippen LogP contribution < -0.4 is 11.5 Å². The fourth-order valence-corrected chi connectivity index (χ4v) is 1.70. The number of carbonyl (C=O) groups is 2. The predicted molar refractivity (Wildman–Crippen MR) is 71.2 cm³/mol. The minimum atomic E-state index is -0.600. The van der Waals surface area contributed by atoms with Crippen molar-refractivity contribution in [2.75, 3.05) is 12.3 Å². The first-order valence-corrected chi connectivity index (χ1v) is 5.84. The zero-order valence-electron chi connectivity index (χ0n) is 10.6. The molecule has 0 aliphatic rings. The van der Waals surface area contributed by atoms with Gasteiger partial charge in [-0.25, -0.2) is 0 Å². The van der Waals surface area contributed by atoms with Gasteiger partial charge in [0.2, 0.25) is 5.91 Å². The Kier molecular flexibility index (Phi) is 3.94. The Bertz CT molecular complexity index is 593. The van der Waals surface area contributed by atoms with Crippen molar-refractivity contribution in [1.82, 2.24) is 20.3 Å². The molecular weight excluding hydrogens is 260 g/mol. The second-order valence-electron chi connectivity index (χ2n) is 4.22. The van der Waals surface area contributed by atoms with Gasteiger partial charge in [-0.2, -0.15) is 15.4 Å². The van der Waals surface area contributed by atoms with Crippen LogP contribution in [0.4, 0.5) is 5.69 Å². The number of primary amides is 1. The lowest BCUT2D eigenvalue weighted by Gasteiger charge is -2.20. The first-order chi connectivity index (χ1) is 9.56. The number of aromatic amines is 1. The maximum Gasteiger partial charge on any atom is 0.276 e. The van der Waals surface area contributed by atoms with Gasteiger partial charge in [0.05, 0.1) is 6.20 Å². The summed E-state index contributed by atoms with van der Waals surface area (Å²) in [6, 6.07) is 7.00. The van der Waals surface area contributed by atoms with Crippen molar-refractivity contribution in [3.63, 3.8) is 0 Å². The molecule has 104 valence electrons. The topological polar surface area (TPSA) is 131 Å². The number of anilines is 1. The number of rotatable bonds is 5. The maximum atomic E-state index is 12.2. The summed E-state index contributed by atoms with van der Waals surface area (Å²) in [5, 5.41) is 9.62. The minimum absolute atomic E-state index is 0.127. The number of amides is 2. The number of aromatic nitrogens is 3. The summed E-state index contributed by atoms with van der Waals surface area (Å²) < 4.78 is 0. The number of hydrogen-bond acceptors (Lipinski definition) is 5. The monoisotopic (exact) mass is 274 g/mol. The molecule has 0 radical (unpaired) electrons. The van der Waals surface area contributed by atoms with Gasteiger partial charge < -0.3 is 16.4 Å². The number of benzene rings is 1. The van der Waals surface area contributed by atoms with E-state index in [0.717, 1.165) is 5.56 Å². The largest absolute Gasteiger partial charge is 0.399 e. The van der Waals surface area contributed by atoms with Crippen molar-refractivity contribution in [2.45, 2.75) is 6.54 Å². The normalized spacial score (nSPS) is 10.2. The van der Waals surface area contributed by atoms with Crippen molar-refractivity contribution in [2.24, 2.45) is 5.73 Å². The number of nitrogens with two attached hydrogens (primary N) is 2. The van der Waals surface area contributed by atoms with Crippen molar-refractivity contribution in [1.29, 1.82) is 0 Å². The van der Waals surface area contributed by atoms with Gasteiger partial charge in [-0.3, -0.25) is 9.59 Å². The molecule has 0 aliphatic carbocycles. The van der Waals surface area contributed by atoms with E-state index < -0.39 is 11.8 Å². The van der Waals surface area contributed by atoms with E-state index in [0.29, 0.717) is 5.69 Å². The van der Waals surface area contributed by atoms with E-state index in [1.807, 2.05) is 0 Å². The Labute approximate surface area is 114 Å². The third-order valence-corrected chi connectivity index (χ3v) is 2.62. The fraction of sp³-hybridized carbons (Fsp3) is 0.167. The lowest BCUT2D eigenvalue weighted by Crippen LogP contribution is -2.38. The molecule has 2 rings (SSSR count). The number of nitrogens with zero attached hydrogens (tertiary/aromatic N) is 3. The summed E-state index contributed by atoms with van der Waals surface area (Å²) in [7, 11) is 0. The second-order valence-corrected chi connectivity index (χ2v) is 4.22. The van der Waals surface area contributed by atoms with E-state index in [4.69, 9.17) is 11.5 Å². The third kappa shape index (κ3) is 3.31. The van der Waals surface area contributed by atoms with Crippen LogP contribution in [0.5, 0.6) is 0 Å². The van der Waals surface area contributed by atoms with E-state index in [1.54, 1.807) is 24.3 Å². The summed E-state index contributed by atoms with van der Waals surface area (Å²) in [6.45, 7) is 0.0327. The smallest absolute Gasteiger partial charge is 0.276 e. The molecule has 5 N–H and O–H groups in total. The molecule has 8 heteroatoms. The summed E-state index contributed by atoms with van der Waals surface area (Å²) >= 11 is 0.